The molecule has 4 aliphatic rings. The van der Waals surface area contributed by atoms with Crippen LogP contribution in [0.3, 0.4) is 0 Å². The molecule has 0 aromatic heterocycles. The molecule has 3 N–H and O–H groups in total. The molecule has 4 fully saturated rings. The summed E-state index contributed by atoms with van der Waals surface area (Å²) in [6.45, 7) is 56.8. The topological polar surface area (TPSA) is 262 Å². The Morgan fingerprint density at radius 3 is 1.19 bits per heavy atom. The van der Waals surface area contributed by atoms with Crippen molar-refractivity contribution in [3.05, 3.63) is 64.7 Å². The second-order valence-corrected chi connectivity index (χ2v) is 41.1. The Kier molecular flexibility index (Phi) is 57.5. The van der Waals surface area contributed by atoms with Crippen LogP contribution in [0.1, 0.15) is 395 Å². The molecule has 0 radical (unpaired) electrons. The fourth-order valence-corrected chi connectivity index (χ4v) is 12.3. The number of ether oxygens (including phenoxy) is 7. The number of aliphatic carboxylic acids is 1. The number of benzene rings is 2. The number of fused-ring (bicyclic) bond motifs is 1. The van der Waals surface area contributed by atoms with Gasteiger partial charge in [-0.1, -0.05) is 164 Å². The van der Waals surface area contributed by atoms with Gasteiger partial charge in [0.25, 0.3) is 0 Å². The molecule has 0 bridgehead atoms. The summed E-state index contributed by atoms with van der Waals surface area (Å²) in [5.41, 5.74) is -8.16. The van der Waals surface area contributed by atoms with Crippen LogP contribution in [0.2, 0.25) is 0 Å². The van der Waals surface area contributed by atoms with E-state index < -0.39 is 166 Å². The van der Waals surface area contributed by atoms with Crippen LogP contribution in [-0.4, -0.2) is 135 Å². The number of rotatable bonds is 25. The van der Waals surface area contributed by atoms with Gasteiger partial charge >= 0.3 is 78.6 Å². The number of carbonyl (C=O) groups is 8. The minimum atomic E-state index is -5.10. The summed E-state index contributed by atoms with van der Waals surface area (Å²) >= 11 is 0. The van der Waals surface area contributed by atoms with Gasteiger partial charge < -0.3 is 48.5 Å². The van der Waals surface area contributed by atoms with Crippen LogP contribution in [-0.2, 0) is 78.4 Å². The van der Waals surface area contributed by atoms with E-state index in [1.807, 2.05) is 55.4 Å². The van der Waals surface area contributed by atoms with Crippen molar-refractivity contribution in [2.45, 2.75) is 463 Å². The van der Waals surface area contributed by atoms with Gasteiger partial charge in [-0.05, 0) is 292 Å². The maximum Gasteiger partial charge on any atom is 0.425 e. The van der Waals surface area contributed by atoms with Crippen molar-refractivity contribution >= 4 is 47.8 Å². The zero-order valence-electron chi connectivity index (χ0n) is 83.8. The minimum absolute atomic E-state index is 0. The summed E-state index contributed by atoms with van der Waals surface area (Å²) in [7, 11) is 0. The number of hydrogen-bond acceptors (Lipinski definition) is 17. The molecule has 33 heteroatoms. The number of esters is 7. The van der Waals surface area contributed by atoms with E-state index in [0.717, 1.165) is 57.6 Å². The standard InChI is InChI=1S/C18H28F6O4.C16H30O2.C14H17F3O2.C14H22.C13H20O4.C9H15F3O2.C8H13F3O2.C6H12O2.4CH4/c1-6-14(2,3)13(25)28-12-8-10(15(4,26)17(19,20)21)7-11(9-12)16(5,27)18(22,23)24;1-7-15(3,4)14(17)18-16(5,6)13-10-8-12(2)9-11-13;1-5-13(3,4)12(18)19-11-7-9(2)6-10(8-11)14(15,16)17;1-6-11(2)12-7-9-13(10-8-12)14(3,4)5;1-4-13(2,3)12(15)17-10-8-6-5-7-9(8)16-11(10)14;1-5-8(3,4)7(13)14-6(2)9(10,11)12;1-4-5(2)7(12)13-6(3)8(9,10)11;1-4-6(2,3)5(7)8;;;;/h10-12,26-27H,6-9H2,1-5H3;12-13H,7-11H2,1-6H3;6-8H,5H2,1-4H3;7-11H,6H2,1-5H3;8-10H,4-7H2,1-3H3;6H,5H2,1-4H3;5-6H,4H2,1-3H3;4H2,1-3H3,(H,7,8);4*1H4. The third kappa shape index (κ3) is 45.0. The van der Waals surface area contributed by atoms with Crippen LogP contribution in [0.15, 0.2) is 42.5 Å². The first-order valence-electron chi connectivity index (χ1n) is 45.6. The Hall–Kier alpha value is -6.93. The van der Waals surface area contributed by atoms with E-state index in [1.165, 1.54) is 63.1 Å². The van der Waals surface area contributed by atoms with Gasteiger partial charge in [-0.25, -0.2) is 4.79 Å². The first-order chi connectivity index (χ1) is 58.8. The van der Waals surface area contributed by atoms with E-state index in [-0.39, 0.29) is 81.8 Å². The number of aliphatic hydroxyl groups is 2. The van der Waals surface area contributed by atoms with Crippen LogP contribution in [0.4, 0.5) is 65.9 Å². The van der Waals surface area contributed by atoms with Crippen LogP contribution in [0, 0.1) is 74.9 Å². The molecule has 1 heterocycles. The van der Waals surface area contributed by atoms with Gasteiger partial charge in [-0.2, -0.15) is 65.9 Å². The van der Waals surface area contributed by atoms with Gasteiger partial charge in [-0.3, -0.25) is 33.6 Å². The van der Waals surface area contributed by atoms with Crippen molar-refractivity contribution in [2.75, 3.05) is 0 Å². The largest absolute Gasteiger partial charge is 0.481 e. The molecule has 11 unspecified atom stereocenters. The van der Waals surface area contributed by atoms with Crippen molar-refractivity contribution in [1.82, 2.24) is 0 Å². The number of aryl methyl sites for hydroxylation is 1. The highest BCUT2D eigenvalue weighted by molar-refractivity contribution is 5.84. The normalized spacial score (nSPS) is 20.5. The van der Waals surface area contributed by atoms with E-state index in [0.29, 0.717) is 69.8 Å². The van der Waals surface area contributed by atoms with E-state index in [2.05, 4.69) is 89.1 Å². The lowest BCUT2D eigenvalue weighted by atomic mass is 9.67. The van der Waals surface area contributed by atoms with E-state index in [9.17, 15) is 114 Å². The Balaban J connectivity index is -0.000000357. The molecule has 0 spiro atoms. The maximum absolute atomic E-state index is 13.3. The van der Waals surface area contributed by atoms with Crippen molar-refractivity contribution in [1.29, 1.82) is 0 Å². The zero-order valence-corrected chi connectivity index (χ0v) is 83.8. The summed E-state index contributed by atoms with van der Waals surface area (Å²) in [5.74, 6) is -6.12. The Morgan fingerprint density at radius 1 is 0.452 bits per heavy atom. The maximum atomic E-state index is 13.3. The molecular weight excluding hydrogens is 1800 g/mol. The van der Waals surface area contributed by atoms with Crippen molar-refractivity contribution in [2.24, 2.45) is 68.0 Å². The fourth-order valence-electron chi connectivity index (χ4n) is 12.3. The molecule has 11 atom stereocenters. The Morgan fingerprint density at radius 2 is 0.837 bits per heavy atom. The van der Waals surface area contributed by atoms with Crippen molar-refractivity contribution < 1.29 is 153 Å². The minimum Gasteiger partial charge on any atom is -0.481 e. The molecule has 0 amide bonds. The second kappa shape index (κ2) is 55.9. The lowest BCUT2D eigenvalue weighted by Crippen LogP contribution is -2.57. The quantitative estimate of drug-likeness (QED) is 0.0361. The lowest BCUT2D eigenvalue weighted by molar-refractivity contribution is -0.299. The Labute approximate surface area is 798 Å². The number of carboxylic acids is 1. The Bertz CT molecular complexity index is 3820. The number of hydrogen-bond donors (Lipinski definition) is 3. The molecule has 1 saturated heterocycles. The number of halogens is 15. The molecule has 2 aromatic rings. The van der Waals surface area contributed by atoms with Gasteiger partial charge in [0.15, 0.2) is 23.4 Å². The third-order valence-corrected chi connectivity index (χ3v) is 26.4. The van der Waals surface area contributed by atoms with Gasteiger partial charge in [0.1, 0.15) is 23.6 Å². The molecule has 3 saturated carbocycles. The average molecular weight is 1970 g/mol. The number of carboxylic acid groups (broad SMARTS) is 1. The SMILES string of the molecule is C.C.C.C.CCC(C)(C)C(=O)O.CCC(C)(C)C(=O)OC(C)(C)C1CCC(C)CC1.CCC(C)(C)C(=O)OC(C)C(F)(F)F.CCC(C)(C)C(=O)OC1C(=O)OC2CCCC21.CCC(C)(C)C(=O)OC1CC(C(C)(O)C(F)(F)F)CC(C(C)(O)C(F)(F)F)C1.CCC(C)(C)C(=O)Oc1cc(C)cc(C(F)(F)F)c1.CCC(C)C(=O)OC(C)C(F)(F)F.CCC(C)c1ccc(C(C)(C)C)cc1. The van der Waals surface area contributed by atoms with E-state index >= 15 is 0 Å². The van der Waals surface area contributed by atoms with Crippen molar-refractivity contribution in [3.63, 3.8) is 0 Å². The highest BCUT2D eigenvalue weighted by Gasteiger charge is 2.62. The third-order valence-electron chi connectivity index (χ3n) is 26.4. The fraction of sp³-hybridized carbons (Fsp3) is 0.804. The lowest BCUT2D eigenvalue weighted by Gasteiger charge is -2.46. The zero-order chi connectivity index (χ0) is 104. The summed E-state index contributed by atoms with van der Waals surface area (Å²) in [5, 5.41) is 28.4. The van der Waals surface area contributed by atoms with Gasteiger partial charge in [0.2, 0.25) is 6.10 Å². The van der Waals surface area contributed by atoms with Crippen LogP contribution >= 0.6 is 0 Å². The second-order valence-electron chi connectivity index (χ2n) is 41.1. The predicted molar refractivity (Wildman–Crippen MR) is 500 cm³/mol. The monoisotopic (exact) mass is 1970 g/mol. The summed E-state index contributed by atoms with van der Waals surface area (Å²) in [6.07, 6.45) is -18.2. The van der Waals surface area contributed by atoms with E-state index in [4.69, 9.17) is 28.8 Å². The van der Waals surface area contributed by atoms with Crippen molar-refractivity contribution in [3.8, 4) is 5.75 Å². The summed E-state index contributed by atoms with van der Waals surface area (Å²) in [6, 6.07) is 12.4. The average Bonchev–Trinajstić information content (AvgIpc) is 1.21. The molecular formula is C102H173F15O18. The summed E-state index contributed by atoms with van der Waals surface area (Å²) in [4.78, 5) is 92.3. The van der Waals surface area contributed by atoms with Gasteiger partial charge in [0, 0.05) is 17.8 Å². The highest BCUT2D eigenvalue weighted by Crippen LogP contribution is 2.51. The molecule has 18 nitrogen and oxygen atoms in total. The molecule has 3 aliphatic carbocycles. The molecule has 6 rings (SSSR count). The van der Waals surface area contributed by atoms with Gasteiger partial charge in [-0.15, -0.1) is 0 Å². The molecule has 794 valence electrons. The number of alkyl halides is 15. The molecule has 2 aromatic carbocycles. The van der Waals surface area contributed by atoms with Gasteiger partial charge in [0.05, 0.1) is 44.0 Å². The first kappa shape index (κ1) is 139. The van der Waals surface area contributed by atoms with E-state index in [1.54, 1.807) is 76.2 Å². The summed E-state index contributed by atoms with van der Waals surface area (Å²) < 4.78 is 225. The predicted octanol–water partition coefficient (Wildman–Crippen LogP) is 29.4. The highest BCUT2D eigenvalue weighted by atomic mass is 19.4. The molecule has 1 aliphatic heterocycles. The smallest absolute Gasteiger partial charge is 0.425 e. The van der Waals surface area contributed by atoms with Crippen LogP contribution < -0.4 is 4.74 Å². The molecule has 135 heavy (non-hydrogen) atoms. The first-order valence-corrected chi connectivity index (χ1v) is 45.6. The van der Waals surface area contributed by atoms with Crippen LogP contribution in [0.25, 0.3) is 0 Å². The number of carbonyl (C=O) groups excluding carboxylic acids is 7. The van der Waals surface area contributed by atoms with Crippen LogP contribution in [0.5, 0.6) is 5.75 Å².